The van der Waals surface area contributed by atoms with Gasteiger partial charge < -0.3 is 40.3 Å². The summed E-state index contributed by atoms with van der Waals surface area (Å²) in [5, 5.41) is 53.3. The summed E-state index contributed by atoms with van der Waals surface area (Å²) in [5.74, 6) is -0.213. The number of ether oxygens (including phenoxy) is 2. The maximum absolute atomic E-state index is 12.6. The fraction of sp³-hybridized carbons (Fsp3) is 0.794. The van der Waals surface area contributed by atoms with Gasteiger partial charge in [-0.2, -0.15) is 0 Å². The van der Waals surface area contributed by atoms with Crippen molar-refractivity contribution in [2.75, 3.05) is 13.2 Å². The van der Waals surface area contributed by atoms with Crippen molar-refractivity contribution in [1.29, 1.82) is 0 Å². The van der Waals surface area contributed by atoms with Gasteiger partial charge in [0, 0.05) is 6.42 Å². The van der Waals surface area contributed by atoms with Crippen LogP contribution in [0.3, 0.4) is 0 Å². The van der Waals surface area contributed by atoms with Gasteiger partial charge in [0.05, 0.1) is 25.4 Å². The van der Waals surface area contributed by atoms with Gasteiger partial charge in [0.2, 0.25) is 5.91 Å². The van der Waals surface area contributed by atoms with E-state index in [0.29, 0.717) is 6.42 Å². The molecule has 0 spiro atoms. The Morgan fingerprint density at radius 3 is 1.95 bits per heavy atom. The van der Waals surface area contributed by atoms with Crippen molar-refractivity contribution < 1.29 is 39.8 Å². The van der Waals surface area contributed by atoms with E-state index in [0.717, 1.165) is 57.8 Å². The quantitative estimate of drug-likeness (QED) is 0.0648. The Bertz CT molecular complexity index is 771. The molecule has 6 N–H and O–H groups in total. The predicted molar refractivity (Wildman–Crippen MR) is 170 cm³/mol. The zero-order valence-electron chi connectivity index (χ0n) is 26.7. The molecule has 1 fully saturated rings. The van der Waals surface area contributed by atoms with Crippen molar-refractivity contribution in [3.05, 3.63) is 36.5 Å². The summed E-state index contributed by atoms with van der Waals surface area (Å²) in [6.07, 6.45) is 21.1. The molecule has 0 bridgehead atoms. The van der Waals surface area contributed by atoms with Crippen LogP contribution in [-0.2, 0) is 14.3 Å². The highest BCUT2D eigenvalue weighted by Crippen LogP contribution is 2.22. The van der Waals surface area contributed by atoms with Crippen LogP contribution in [0.25, 0.3) is 0 Å². The average molecular weight is 612 g/mol. The second kappa shape index (κ2) is 25.7. The highest BCUT2D eigenvalue weighted by atomic mass is 16.7. The Balaban J connectivity index is 2.48. The van der Waals surface area contributed by atoms with Gasteiger partial charge in [0.1, 0.15) is 24.4 Å². The number of unbranched alkanes of at least 4 members (excludes halogenated alkanes) is 11. The van der Waals surface area contributed by atoms with Crippen LogP contribution in [0.1, 0.15) is 117 Å². The lowest BCUT2D eigenvalue weighted by Crippen LogP contribution is -2.60. The van der Waals surface area contributed by atoms with Crippen LogP contribution in [0.4, 0.5) is 0 Å². The molecule has 0 aromatic rings. The second-order valence-electron chi connectivity index (χ2n) is 11.6. The van der Waals surface area contributed by atoms with E-state index in [2.05, 4.69) is 43.5 Å². The van der Waals surface area contributed by atoms with Crippen molar-refractivity contribution in [3.8, 4) is 0 Å². The van der Waals surface area contributed by atoms with Crippen LogP contribution >= 0.6 is 0 Å². The van der Waals surface area contributed by atoms with E-state index in [1.165, 1.54) is 38.5 Å². The number of hydrogen-bond acceptors (Lipinski definition) is 8. The summed E-state index contributed by atoms with van der Waals surface area (Å²) in [4.78, 5) is 12.6. The monoisotopic (exact) mass is 611 g/mol. The van der Waals surface area contributed by atoms with Crippen LogP contribution in [0.5, 0.6) is 0 Å². The summed E-state index contributed by atoms with van der Waals surface area (Å²) >= 11 is 0. The van der Waals surface area contributed by atoms with E-state index in [9.17, 15) is 30.3 Å². The summed E-state index contributed by atoms with van der Waals surface area (Å²) in [6.45, 7) is 3.56. The number of allylic oxidation sites excluding steroid dienone is 5. The molecule has 0 radical (unpaired) electrons. The topological polar surface area (TPSA) is 149 Å². The number of aliphatic hydroxyl groups excluding tert-OH is 5. The van der Waals surface area contributed by atoms with E-state index >= 15 is 0 Å². The zero-order valence-corrected chi connectivity index (χ0v) is 26.7. The molecule has 9 heteroatoms. The van der Waals surface area contributed by atoms with Crippen molar-refractivity contribution >= 4 is 5.91 Å². The lowest BCUT2D eigenvalue weighted by atomic mass is 9.99. The molecular formula is C34H61NO8. The number of hydrogen-bond donors (Lipinski definition) is 6. The van der Waals surface area contributed by atoms with Gasteiger partial charge in [0.25, 0.3) is 0 Å². The molecular weight excluding hydrogens is 550 g/mol. The highest BCUT2D eigenvalue weighted by Gasteiger charge is 2.44. The van der Waals surface area contributed by atoms with Crippen molar-refractivity contribution in [1.82, 2.24) is 5.32 Å². The van der Waals surface area contributed by atoms with Crippen LogP contribution in [0, 0.1) is 0 Å². The largest absolute Gasteiger partial charge is 0.394 e. The van der Waals surface area contributed by atoms with Crippen molar-refractivity contribution in [2.45, 2.75) is 159 Å². The molecule has 0 aromatic carbocycles. The van der Waals surface area contributed by atoms with E-state index in [-0.39, 0.29) is 12.5 Å². The van der Waals surface area contributed by atoms with Crippen LogP contribution in [0.2, 0.25) is 0 Å². The van der Waals surface area contributed by atoms with Gasteiger partial charge in [-0.3, -0.25) is 4.79 Å². The van der Waals surface area contributed by atoms with Crippen molar-refractivity contribution in [2.24, 2.45) is 0 Å². The van der Waals surface area contributed by atoms with E-state index in [1.807, 2.05) is 6.08 Å². The third-order valence-corrected chi connectivity index (χ3v) is 7.70. The fourth-order valence-electron chi connectivity index (χ4n) is 4.89. The zero-order chi connectivity index (χ0) is 31.7. The number of nitrogens with one attached hydrogen (secondary N) is 1. The molecule has 7 unspecified atom stereocenters. The van der Waals surface area contributed by atoms with Gasteiger partial charge in [-0.25, -0.2) is 0 Å². The van der Waals surface area contributed by atoms with Gasteiger partial charge in [-0.1, -0.05) is 102 Å². The van der Waals surface area contributed by atoms with Crippen molar-refractivity contribution in [3.63, 3.8) is 0 Å². The third-order valence-electron chi connectivity index (χ3n) is 7.70. The summed E-state index contributed by atoms with van der Waals surface area (Å²) in [7, 11) is 0. The molecule has 250 valence electrons. The first-order valence-corrected chi connectivity index (χ1v) is 16.7. The third kappa shape index (κ3) is 18.1. The first kappa shape index (κ1) is 39.4. The standard InChI is InChI=1S/C34H61NO8/c1-3-5-7-9-10-11-12-13-14-15-16-17-18-19-20-21-23-28(37)27(35-30(38)24-22-8-6-4-2)26-42-34-33(41)32(40)31(39)29(25-36)43-34/h13-14,17-18,21,23,27-29,31-34,36-37,39-41H,3-12,15-16,19-20,22,24-26H2,1-2H3,(H,35,38)/b14-13+,18-17+,23-21+. The van der Waals surface area contributed by atoms with Gasteiger partial charge in [0.15, 0.2) is 6.29 Å². The Morgan fingerprint density at radius 2 is 1.33 bits per heavy atom. The number of aliphatic hydroxyl groups is 5. The second-order valence-corrected chi connectivity index (χ2v) is 11.6. The molecule has 0 aromatic heterocycles. The smallest absolute Gasteiger partial charge is 0.220 e. The maximum atomic E-state index is 12.6. The molecule has 1 heterocycles. The molecule has 1 saturated heterocycles. The predicted octanol–water partition coefficient (Wildman–Crippen LogP) is 4.60. The molecule has 7 atom stereocenters. The minimum atomic E-state index is -1.57. The first-order valence-electron chi connectivity index (χ1n) is 16.7. The lowest BCUT2D eigenvalue weighted by Gasteiger charge is -2.40. The highest BCUT2D eigenvalue weighted by molar-refractivity contribution is 5.76. The minimum Gasteiger partial charge on any atom is -0.394 e. The molecule has 9 nitrogen and oxygen atoms in total. The minimum absolute atomic E-state index is 0.207. The van der Waals surface area contributed by atoms with Gasteiger partial charge >= 0.3 is 0 Å². The van der Waals surface area contributed by atoms with Gasteiger partial charge in [-0.15, -0.1) is 0 Å². The molecule has 1 rings (SSSR count). The normalized spacial score (nSPS) is 24.3. The van der Waals surface area contributed by atoms with Gasteiger partial charge in [-0.05, 0) is 44.9 Å². The van der Waals surface area contributed by atoms with Crippen LogP contribution in [-0.4, -0.2) is 87.5 Å². The molecule has 1 aliphatic rings. The average Bonchev–Trinajstić information content (AvgIpc) is 3.00. The molecule has 0 saturated carbocycles. The summed E-state index contributed by atoms with van der Waals surface area (Å²) < 4.78 is 11.0. The van der Waals surface area contributed by atoms with E-state index < -0.39 is 49.5 Å². The van der Waals surface area contributed by atoms with Crippen LogP contribution in [0.15, 0.2) is 36.5 Å². The molecule has 1 aliphatic heterocycles. The Kier molecular flexibility index (Phi) is 23.6. The molecule has 43 heavy (non-hydrogen) atoms. The van der Waals surface area contributed by atoms with Crippen LogP contribution < -0.4 is 5.32 Å². The maximum Gasteiger partial charge on any atom is 0.220 e. The van der Waals surface area contributed by atoms with E-state index in [4.69, 9.17) is 9.47 Å². The Morgan fingerprint density at radius 1 is 0.767 bits per heavy atom. The lowest BCUT2D eigenvalue weighted by molar-refractivity contribution is -0.302. The van der Waals surface area contributed by atoms with E-state index in [1.54, 1.807) is 6.08 Å². The molecule has 0 aliphatic carbocycles. The fourth-order valence-corrected chi connectivity index (χ4v) is 4.89. The summed E-state index contributed by atoms with van der Waals surface area (Å²) in [6, 6.07) is -0.819. The summed E-state index contributed by atoms with van der Waals surface area (Å²) in [5.41, 5.74) is 0. The SMILES string of the molecule is CCCCCCCC/C=C/CC/C=C/CC/C=C/C(O)C(COC1OC(CO)C(O)C(O)C1O)NC(=O)CCCCCC. The number of amides is 1. The number of carbonyl (C=O) groups excluding carboxylic acids is 1. The first-order chi connectivity index (χ1) is 20.8. The number of rotatable bonds is 25. The Hall–Kier alpha value is -1.59. The Labute approximate surface area is 260 Å². The number of carbonyl (C=O) groups is 1. The molecule has 1 amide bonds.